The van der Waals surface area contributed by atoms with E-state index in [1.54, 1.807) is 7.05 Å². The fourth-order valence-corrected chi connectivity index (χ4v) is 3.94. The number of aromatic nitrogens is 5. The number of benzene rings is 2. The Labute approximate surface area is 169 Å². The van der Waals surface area contributed by atoms with E-state index in [4.69, 9.17) is 0 Å². The minimum Gasteiger partial charge on any atom is -0.301 e. The van der Waals surface area contributed by atoms with Gasteiger partial charge in [0.2, 0.25) is 11.1 Å². The monoisotopic (exact) mass is 408 g/mol. The van der Waals surface area contributed by atoms with Crippen LogP contribution in [-0.2, 0) is 11.8 Å². The van der Waals surface area contributed by atoms with Crippen molar-refractivity contribution in [2.45, 2.75) is 5.16 Å². The highest BCUT2D eigenvalue weighted by Gasteiger charge is 2.11. The lowest BCUT2D eigenvalue weighted by Crippen LogP contribution is -2.14. The molecule has 0 atom stereocenters. The first-order chi connectivity index (χ1) is 13.7. The molecule has 1 N–H and O–H groups in total. The maximum absolute atomic E-state index is 12.1. The van der Waals surface area contributed by atoms with Crippen molar-refractivity contribution >= 4 is 34.1 Å². The summed E-state index contributed by atoms with van der Waals surface area (Å²) in [6.07, 6.45) is 0. The second kappa shape index (κ2) is 8.32. The second-order valence-corrected chi connectivity index (χ2v) is 7.70. The Bertz CT molecular complexity index is 1080. The van der Waals surface area contributed by atoms with E-state index in [0.717, 1.165) is 16.8 Å². The number of carbonyl (C=O) groups excluding carboxylic acids is 1. The topological polar surface area (TPSA) is 85.6 Å². The molecule has 0 spiro atoms. The first kappa shape index (κ1) is 18.3. The maximum atomic E-state index is 12.1. The summed E-state index contributed by atoms with van der Waals surface area (Å²) in [7, 11) is 1.73. The second-order valence-electron chi connectivity index (χ2n) is 5.90. The number of amides is 1. The van der Waals surface area contributed by atoms with Gasteiger partial charge in [0.05, 0.1) is 11.4 Å². The zero-order valence-corrected chi connectivity index (χ0v) is 16.6. The van der Waals surface area contributed by atoms with Gasteiger partial charge in [0.25, 0.3) is 0 Å². The highest BCUT2D eigenvalue weighted by molar-refractivity contribution is 7.99. The van der Waals surface area contributed by atoms with Crippen LogP contribution in [0.1, 0.15) is 0 Å². The van der Waals surface area contributed by atoms with Crippen molar-refractivity contribution in [3.05, 3.63) is 60.0 Å². The lowest BCUT2D eigenvalue weighted by molar-refractivity contribution is -0.113. The number of tetrazole rings is 1. The van der Waals surface area contributed by atoms with E-state index in [2.05, 4.69) is 50.1 Å². The first-order valence-electron chi connectivity index (χ1n) is 8.45. The zero-order valence-electron chi connectivity index (χ0n) is 14.9. The summed E-state index contributed by atoms with van der Waals surface area (Å²) in [4.78, 5) is 16.6. The van der Waals surface area contributed by atoms with Crippen molar-refractivity contribution in [1.29, 1.82) is 0 Å². The third kappa shape index (κ3) is 4.26. The molecule has 0 unspecified atom stereocenters. The van der Waals surface area contributed by atoms with Crippen molar-refractivity contribution < 1.29 is 4.79 Å². The molecule has 0 saturated carbocycles. The molecule has 0 bridgehead atoms. The fraction of sp³-hybridized carbons (Fsp3) is 0.105. The Hall–Kier alpha value is -3.04. The van der Waals surface area contributed by atoms with Crippen LogP contribution >= 0.6 is 23.1 Å². The normalized spacial score (nSPS) is 10.8. The highest BCUT2D eigenvalue weighted by atomic mass is 32.2. The predicted molar refractivity (Wildman–Crippen MR) is 111 cm³/mol. The van der Waals surface area contributed by atoms with Gasteiger partial charge in [-0.25, -0.2) is 9.67 Å². The molecule has 4 rings (SSSR count). The molecule has 2 aromatic heterocycles. The summed E-state index contributed by atoms with van der Waals surface area (Å²) in [5.74, 6) is 0.0721. The predicted octanol–water partition coefficient (Wildman–Crippen LogP) is 3.73. The average molecular weight is 409 g/mol. The van der Waals surface area contributed by atoms with Gasteiger partial charge < -0.3 is 5.32 Å². The summed E-state index contributed by atoms with van der Waals surface area (Å²) in [6, 6.07) is 18.5. The number of hydrogen-bond donors (Lipinski definition) is 1. The molecule has 0 fully saturated rings. The van der Waals surface area contributed by atoms with Gasteiger partial charge in [0, 0.05) is 18.0 Å². The molecule has 0 aliphatic heterocycles. The standard InChI is InChI=1S/C19H16N6OS2/c1-25-19(22-23-24-25)28-12-17(26)21-18-20-16(11-27-18)15-9-7-14(8-10-15)13-5-3-2-4-6-13/h2-11H,12H2,1H3,(H,20,21,26). The molecule has 0 saturated heterocycles. The van der Waals surface area contributed by atoms with Crippen molar-refractivity contribution in [2.75, 3.05) is 11.1 Å². The molecule has 7 nitrogen and oxygen atoms in total. The number of aryl methyl sites for hydroxylation is 1. The molecular weight excluding hydrogens is 392 g/mol. The molecular formula is C19H16N6OS2. The van der Waals surface area contributed by atoms with E-state index in [0.29, 0.717) is 10.3 Å². The third-order valence-corrected chi connectivity index (χ3v) is 5.72. The van der Waals surface area contributed by atoms with E-state index in [1.807, 2.05) is 35.7 Å². The average Bonchev–Trinajstić information content (AvgIpc) is 3.36. The molecule has 0 aliphatic carbocycles. The van der Waals surface area contributed by atoms with Crippen LogP contribution < -0.4 is 5.32 Å². The van der Waals surface area contributed by atoms with Gasteiger partial charge in [-0.3, -0.25) is 4.79 Å². The van der Waals surface area contributed by atoms with Gasteiger partial charge in [-0.2, -0.15) is 0 Å². The van der Waals surface area contributed by atoms with Crippen LogP contribution in [-0.4, -0.2) is 36.9 Å². The molecule has 1 amide bonds. The number of rotatable bonds is 6. The van der Waals surface area contributed by atoms with Crippen LogP contribution in [0.5, 0.6) is 0 Å². The summed E-state index contributed by atoms with van der Waals surface area (Å²) in [5.41, 5.74) is 4.18. The maximum Gasteiger partial charge on any atom is 0.236 e. The number of thioether (sulfide) groups is 1. The highest BCUT2D eigenvalue weighted by Crippen LogP contribution is 2.27. The minimum absolute atomic E-state index is 0.145. The lowest BCUT2D eigenvalue weighted by Gasteiger charge is -2.03. The van der Waals surface area contributed by atoms with E-state index in [9.17, 15) is 4.79 Å². The smallest absolute Gasteiger partial charge is 0.236 e. The van der Waals surface area contributed by atoms with Crippen LogP contribution in [0.3, 0.4) is 0 Å². The van der Waals surface area contributed by atoms with Crippen molar-refractivity contribution in [1.82, 2.24) is 25.2 Å². The van der Waals surface area contributed by atoms with Crippen LogP contribution in [0.2, 0.25) is 0 Å². The van der Waals surface area contributed by atoms with Crippen molar-refractivity contribution in [3.63, 3.8) is 0 Å². The number of nitrogens with zero attached hydrogens (tertiary/aromatic N) is 5. The summed E-state index contributed by atoms with van der Waals surface area (Å²) < 4.78 is 1.53. The van der Waals surface area contributed by atoms with E-state index in [1.165, 1.54) is 33.3 Å². The van der Waals surface area contributed by atoms with Gasteiger partial charge in [0.15, 0.2) is 5.13 Å². The number of nitrogens with one attached hydrogen (secondary N) is 1. The molecule has 2 heterocycles. The number of anilines is 1. The van der Waals surface area contributed by atoms with Gasteiger partial charge in [-0.1, -0.05) is 66.4 Å². The molecule has 0 radical (unpaired) electrons. The Morgan fingerprint density at radius 2 is 1.79 bits per heavy atom. The number of carbonyl (C=O) groups is 1. The summed E-state index contributed by atoms with van der Waals surface area (Å²) in [5, 5.41) is 17.0. The van der Waals surface area contributed by atoms with E-state index >= 15 is 0 Å². The Balaban J connectivity index is 1.38. The zero-order chi connectivity index (χ0) is 19.3. The Morgan fingerprint density at radius 3 is 2.50 bits per heavy atom. The molecule has 140 valence electrons. The van der Waals surface area contributed by atoms with Gasteiger partial charge in [-0.05, 0) is 21.6 Å². The molecule has 0 aliphatic rings. The fourth-order valence-electron chi connectivity index (χ4n) is 2.56. The molecule has 4 aromatic rings. The van der Waals surface area contributed by atoms with Crippen LogP contribution in [0.25, 0.3) is 22.4 Å². The molecule has 9 heteroatoms. The largest absolute Gasteiger partial charge is 0.301 e. The van der Waals surface area contributed by atoms with Crippen LogP contribution in [0.15, 0.2) is 65.1 Å². The van der Waals surface area contributed by atoms with Crippen LogP contribution in [0.4, 0.5) is 5.13 Å². The third-order valence-electron chi connectivity index (χ3n) is 3.95. The van der Waals surface area contributed by atoms with E-state index < -0.39 is 0 Å². The SMILES string of the molecule is Cn1nnnc1SCC(=O)Nc1nc(-c2ccc(-c3ccccc3)cc2)cs1. The lowest BCUT2D eigenvalue weighted by atomic mass is 10.0. The molecule has 28 heavy (non-hydrogen) atoms. The van der Waals surface area contributed by atoms with Gasteiger partial charge in [-0.15, -0.1) is 16.4 Å². The number of hydrogen-bond acceptors (Lipinski definition) is 7. The first-order valence-corrected chi connectivity index (χ1v) is 10.3. The van der Waals surface area contributed by atoms with Gasteiger partial charge in [0.1, 0.15) is 0 Å². The number of thiazole rings is 1. The quantitative estimate of drug-likeness (QED) is 0.489. The summed E-state index contributed by atoms with van der Waals surface area (Å²) in [6.45, 7) is 0. The van der Waals surface area contributed by atoms with Crippen molar-refractivity contribution in [3.8, 4) is 22.4 Å². The summed E-state index contributed by atoms with van der Waals surface area (Å²) >= 11 is 2.68. The molecule has 2 aromatic carbocycles. The van der Waals surface area contributed by atoms with Crippen molar-refractivity contribution in [2.24, 2.45) is 7.05 Å². The minimum atomic E-state index is -0.145. The van der Waals surface area contributed by atoms with Crippen LogP contribution in [0, 0.1) is 0 Å². The Morgan fingerprint density at radius 1 is 1.07 bits per heavy atom. The van der Waals surface area contributed by atoms with Gasteiger partial charge >= 0.3 is 0 Å². The Kier molecular flexibility index (Phi) is 5.45. The van der Waals surface area contributed by atoms with E-state index in [-0.39, 0.29) is 11.7 Å².